The minimum atomic E-state index is -0.413. The van der Waals surface area contributed by atoms with Crippen molar-refractivity contribution in [2.45, 2.75) is 26.3 Å². The fourth-order valence-corrected chi connectivity index (χ4v) is 1.55. The van der Waals surface area contributed by atoms with Crippen molar-refractivity contribution in [1.82, 2.24) is 10.6 Å². The van der Waals surface area contributed by atoms with Gasteiger partial charge >= 0.3 is 6.03 Å². The van der Waals surface area contributed by atoms with E-state index in [0.29, 0.717) is 17.2 Å². The summed E-state index contributed by atoms with van der Waals surface area (Å²) in [5.74, 6) is 1.11. The summed E-state index contributed by atoms with van der Waals surface area (Å²) in [5.41, 5.74) is 5.88. The van der Waals surface area contributed by atoms with Gasteiger partial charge in [-0.1, -0.05) is 0 Å². The Labute approximate surface area is 124 Å². The van der Waals surface area contributed by atoms with Gasteiger partial charge in [0.25, 0.3) is 0 Å². The molecular weight excluding hydrogens is 272 g/mol. The van der Waals surface area contributed by atoms with Crippen LogP contribution in [0.1, 0.15) is 20.8 Å². The third-order valence-corrected chi connectivity index (χ3v) is 2.35. The smallest absolute Gasteiger partial charge is 0.321 e. The molecule has 0 bridgehead atoms. The summed E-state index contributed by atoms with van der Waals surface area (Å²) >= 11 is 0. The molecule has 0 heterocycles. The lowest BCUT2D eigenvalue weighted by Gasteiger charge is -2.20. The second-order valence-electron chi connectivity index (χ2n) is 5.37. The molecule has 1 aromatic carbocycles. The summed E-state index contributed by atoms with van der Waals surface area (Å²) in [5, 5.41) is 5.18. The number of aliphatic imine (C=N–C) groups is 1. The van der Waals surface area contributed by atoms with E-state index in [1.54, 1.807) is 25.3 Å². The van der Waals surface area contributed by atoms with Crippen LogP contribution in [0.5, 0.6) is 11.5 Å². The third kappa shape index (κ3) is 5.60. The summed E-state index contributed by atoms with van der Waals surface area (Å²) in [6, 6.07) is 4.66. The SMILES string of the molecule is COc1ccc(N=C(N)NC(=O)NC(C)(C)C)cc1OC. The summed E-state index contributed by atoms with van der Waals surface area (Å²) in [4.78, 5) is 15.8. The molecule has 21 heavy (non-hydrogen) atoms. The molecule has 0 radical (unpaired) electrons. The van der Waals surface area contributed by atoms with Gasteiger partial charge in [0, 0.05) is 11.6 Å². The van der Waals surface area contributed by atoms with Gasteiger partial charge in [-0.15, -0.1) is 0 Å². The van der Waals surface area contributed by atoms with Crippen molar-refractivity contribution in [1.29, 1.82) is 0 Å². The zero-order valence-corrected chi connectivity index (χ0v) is 13.0. The number of amides is 2. The van der Waals surface area contributed by atoms with Gasteiger partial charge in [0.05, 0.1) is 19.9 Å². The van der Waals surface area contributed by atoms with Crippen molar-refractivity contribution in [3.05, 3.63) is 18.2 Å². The highest BCUT2D eigenvalue weighted by atomic mass is 16.5. The van der Waals surface area contributed by atoms with Crippen LogP contribution in [0.4, 0.5) is 10.5 Å². The minimum absolute atomic E-state index is 0.0102. The molecule has 0 aromatic heterocycles. The number of nitrogens with one attached hydrogen (secondary N) is 2. The molecule has 0 saturated heterocycles. The van der Waals surface area contributed by atoms with Gasteiger partial charge in [0.15, 0.2) is 11.5 Å². The number of benzene rings is 1. The van der Waals surface area contributed by atoms with Crippen molar-refractivity contribution in [3.63, 3.8) is 0 Å². The lowest BCUT2D eigenvalue weighted by atomic mass is 10.1. The van der Waals surface area contributed by atoms with Gasteiger partial charge < -0.3 is 20.5 Å². The van der Waals surface area contributed by atoms with Gasteiger partial charge in [-0.3, -0.25) is 5.32 Å². The first-order valence-electron chi connectivity index (χ1n) is 6.40. The van der Waals surface area contributed by atoms with E-state index in [1.807, 2.05) is 20.8 Å². The molecule has 0 saturated carbocycles. The largest absolute Gasteiger partial charge is 0.493 e. The van der Waals surface area contributed by atoms with E-state index in [0.717, 1.165) is 0 Å². The highest BCUT2D eigenvalue weighted by Crippen LogP contribution is 2.30. The number of nitrogens with two attached hydrogens (primary N) is 1. The van der Waals surface area contributed by atoms with Crippen LogP contribution >= 0.6 is 0 Å². The Bertz CT molecular complexity index is 536. The summed E-state index contributed by atoms with van der Waals surface area (Å²) in [6.45, 7) is 5.61. The molecule has 0 spiro atoms. The van der Waals surface area contributed by atoms with E-state index in [4.69, 9.17) is 15.2 Å². The Morgan fingerprint density at radius 3 is 2.33 bits per heavy atom. The van der Waals surface area contributed by atoms with Crippen LogP contribution in [-0.4, -0.2) is 31.7 Å². The number of ether oxygens (including phenoxy) is 2. The molecule has 0 atom stereocenters. The number of hydrogen-bond donors (Lipinski definition) is 3. The summed E-state index contributed by atoms with van der Waals surface area (Å²) < 4.78 is 10.3. The fraction of sp³-hybridized carbons (Fsp3) is 0.429. The van der Waals surface area contributed by atoms with E-state index < -0.39 is 6.03 Å². The van der Waals surface area contributed by atoms with E-state index in [-0.39, 0.29) is 11.5 Å². The molecule has 0 unspecified atom stereocenters. The molecule has 1 rings (SSSR count). The average molecular weight is 294 g/mol. The van der Waals surface area contributed by atoms with Crippen molar-refractivity contribution >= 4 is 17.7 Å². The molecule has 4 N–H and O–H groups in total. The van der Waals surface area contributed by atoms with Gasteiger partial charge in [-0.2, -0.15) is 0 Å². The number of carbonyl (C=O) groups is 1. The molecule has 0 aliphatic carbocycles. The summed E-state index contributed by atoms with van der Waals surface area (Å²) in [7, 11) is 3.08. The van der Waals surface area contributed by atoms with Crippen LogP contribution in [0.2, 0.25) is 0 Å². The lowest BCUT2D eigenvalue weighted by Crippen LogP contribution is -2.50. The molecule has 7 nitrogen and oxygen atoms in total. The minimum Gasteiger partial charge on any atom is -0.493 e. The zero-order valence-electron chi connectivity index (χ0n) is 13.0. The van der Waals surface area contributed by atoms with Crippen LogP contribution in [0.15, 0.2) is 23.2 Å². The fourth-order valence-electron chi connectivity index (χ4n) is 1.55. The maximum absolute atomic E-state index is 11.7. The molecule has 7 heteroatoms. The average Bonchev–Trinajstić information content (AvgIpc) is 2.35. The van der Waals surface area contributed by atoms with Gasteiger partial charge in [-0.05, 0) is 32.9 Å². The number of rotatable bonds is 3. The van der Waals surface area contributed by atoms with Crippen molar-refractivity contribution < 1.29 is 14.3 Å². The van der Waals surface area contributed by atoms with E-state index >= 15 is 0 Å². The standard InChI is InChI=1S/C14H22N4O3/c1-14(2,3)18-13(19)17-12(15)16-9-6-7-10(20-4)11(8-9)21-5/h6-8H,1-5H3,(H4,15,16,17,18,19). The Morgan fingerprint density at radius 1 is 1.19 bits per heavy atom. The van der Waals surface area contributed by atoms with Crippen molar-refractivity contribution in [2.75, 3.05) is 14.2 Å². The molecule has 0 aliphatic rings. The second kappa shape index (κ2) is 6.83. The number of urea groups is 1. The van der Waals surface area contributed by atoms with Gasteiger partial charge in [0.2, 0.25) is 5.96 Å². The highest BCUT2D eigenvalue weighted by Gasteiger charge is 2.14. The number of hydrogen-bond acceptors (Lipinski definition) is 4. The molecule has 1 aromatic rings. The first-order chi connectivity index (χ1) is 9.75. The van der Waals surface area contributed by atoms with Crippen LogP contribution in [-0.2, 0) is 0 Å². The van der Waals surface area contributed by atoms with Crippen LogP contribution in [0.3, 0.4) is 0 Å². The highest BCUT2D eigenvalue weighted by molar-refractivity contribution is 5.96. The van der Waals surface area contributed by atoms with Crippen molar-refractivity contribution in [3.8, 4) is 11.5 Å². The van der Waals surface area contributed by atoms with Gasteiger partial charge in [-0.25, -0.2) is 9.79 Å². The number of methoxy groups -OCH3 is 2. The molecular formula is C14H22N4O3. The van der Waals surface area contributed by atoms with E-state index in [2.05, 4.69) is 15.6 Å². The predicted octanol–water partition coefficient (Wildman–Crippen LogP) is 1.75. The summed E-state index contributed by atoms with van der Waals surface area (Å²) in [6.07, 6.45) is 0. The number of carbonyl (C=O) groups excluding carboxylic acids is 1. The van der Waals surface area contributed by atoms with Gasteiger partial charge in [0.1, 0.15) is 0 Å². The Balaban J connectivity index is 2.80. The first kappa shape index (κ1) is 16.6. The third-order valence-electron chi connectivity index (χ3n) is 2.35. The van der Waals surface area contributed by atoms with E-state index in [9.17, 15) is 4.79 Å². The first-order valence-corrected chi connectivity index (χ1v) is 6.40. The Hall–Kier alpha value is -2.44. The van der Waals surface area contributed by atoms with E-state index in [1.165, 1.54) is 7.11 Å². The quantitative estimate of drug-likeness (QED) is 0.584. The maximum Gasteiger partial charge on any atom is 0.321 e. The second-order valence-corrected chi connectivity index (χ2v) is 5.37. The molecule has 0 fully saturated rings. The zero-order chi connectivity index (χ0) is 16.0. The normalized spacial score (nSPS) is 11.8. The number of nitrogens with zero attached hydrogens (tertiary/aromatic N) is 1. The topological polar surface area (TPSA) is 98.0 Å². The molecule has 2 amide bonds. The van der Waals surface area contributed by atoms with Crippen LogP contribution < -0.4 is 25.8 Å². The molecule has 116 valence electrons. The maximum atomic E-state index is 11.7. The molecule has 0 aliphatic heterocycles. The Kier molecular flexibility index (Phi) is 5.40. The predicted molar refractivity (Wildman–Crippen MR) is 82.2 cm³/mol. The van der Waals surface area contributed by atoms with Crippen LogP contribution in [0, 0.1) is 0 Å². The van der Waals surface area contributed by atoms with Crippen LogP contribution in [0.25, 0.3) is 0 Å². The number of guanidine groups is 1. The lowest BCUT2D eigenvalue weighted by molar-refractivity contribution is 0.236. The monoisotopic (exact) mass is 294 g/mol. The Morgan fingerprint density at radius 2 is 1.81 bits per heavy atom. The van der Waals surface area contributed by atoms with Crippen molar-refractivity contribution in [2.24, 2.45) is 10.7 Å².